The maximum atomic E-state index is 12.2. The van der Waals surface area contributed by atoms with Gasteiger partial charge < -0.3 is 16.2 Å². The molecule has 0 spiro atoms. The van der Waals surface area contributed by atoms with Gasteiger partial charge in [-0.25, -0.2) is 0 Å². The summed E-state index contributed by atoms with van der Waals surface area (Å²) in [6, 6.07) is 12.0. The SMILES string of the molecule is Cc1ccc(C#CCN)c(NC(=O)c2ccccc2O)c1. The van der Waals surface area contributed by atoms with E-state index in [4.69, 9.17) is 5.73 Å². The Hall–Kier alpha value is -2.77. The Kier molecular flexibility index (Phi) is 4.60. The van der Waals surface area contributed by atoms with E-state index in [9.17, 15) is 9.90 Å². The van der Waals surface area contributed by atoms with Crippen LogP contribution in [0.25, 0.3) is 0 Å². The van der Waals surface area contributed by atoms with Gasteiger partial charge in [0.1, 0.15) is 5.75 Å². The number of amides is 1. The molecule has 0 atom stereocenters. The molecule has 2 rings (SSSR count). The highest BCUT2D eigenvalue weighted by Crippen LogP contribution is 2.21. The van der Waals surface area contributed by atoms with Gasteiger partial charge in [0.05, 0.1) is 17.8 Å². The molecule has 0 unspecified atom stereocenters. The Morgan fingerprint density at radius 3 is 2.76 bits per heavy atom. The molecule has 0 radical (unpaired) electrons. The number of aryl methyl sites for hydroxylation is 1. The fourth-order valence-electron chi connectivity index (χ4n) is 1.87. The first kappa shape index (κ1) is 14.6. The Bertz CT molecular complexity index is 727. The lowest BCUT2D eigenvalue weighted by molar-refractivity contribution is 0.102. The van der Waals surface area contributed by atoms with Crippen molar-refractivity contribution in [1.82, 2.24) is 0 Å². The highest BCUT2D eigenvalue weighted by molar-refractivity contribution is 6.06. The van der Waals surface area contributed by atoms with Crippen molar-refractivity contribution in [2.75, 3.05) is 11.9 Å². The minimum atomic E-state index is -0.380. The number of aromatic hydroxyl groups is 1. The highest BCUT2D eigenvalue weighted by Gasteiger charge is 2.12. The van der Waals surface area contributed by atoms with E-state index in [1.54, 1.807) is 18.2 Å². The Morgan fingerprint density at radius 2 is 2.05 bits per heavy atom. The van der Waals surface area contributed by atoms with Gasteiger partial charge in [-0.05, 0) is 36.8 Å². The second kappa shape index (κ2) is 6.60. The molecule has 0 aliphatic carbocycles. The number of carbonyl (C=O) groups is 1. The molecule has 1 amide bonds. The summed E-state index contributed by atoms with van der Waals surface area (Å²) in [4.78, 5) is 12.2. The van der Waals surface area contributed by atoms with Crippen LogP contribution in [0.3, 0.4) is 0 Å². The van der Waals surface area contributed by atoms with Crippen LogP contribution >= 0.6 is 0 Å². The van der Waals surface area contributed by atoms with Crippen molar-refractivity contribution in [3.05, 3.63) is 59.2 Å². The van der Waals surface area contributed by atoms with Crippen LogP contribution < -0.4 is 11.1 Å². The minimum Gasteiger partial charge on any atom is -0.507 e. The van der Waals surface area contributed by atoms with E-state index in [2.05, 4.69) is 17.2 Å². The molecule has 106 valence electrons. The number of para-hydroxylation sites is 1. The van der Waals surface area contributed by atoms with E-state index in [0.29, 0.717) is 11.3 Å². The van der Waals surface area contributed by atoms with E-state index < -0.39 is 0 Å². The maximum Gasteiger partial charge on any atom is 0.259 e. The number of phenolic OH excluding ortho intramolecular Hbond substituents is 1. The summed E-state index contributed by atoms with van der Waals surface area (Å²) in [6.45, 7) is 2.18. The van der Waals surface area contributed by atoms with E-state index in [0.717, 1.165) is 5.56 Å². The lowest BCUT2D eigenvalue weighted by atomic mass is 10.1. The van der Waals surface area contributed by atoms with Gasteiger partial charge in [0, 0.05) is 5.56 Å². The maximum absolute atomic E-state index is 12.2. The van der Waals surface area contributed by atoms with Gasteiger partial charge in [-0.2, -0.15) is 0 Å². The Balaban J connectivity index is 2.33. The smallest absolute Gasteiger partial charge is 0.259 e. The molecule has 2 aromatic carbocycles. The van der Waals surface area contributed by atoms with Gasteiger partial charge in [-0.1, -0.05) is 30.0 Å². The molecule has 4 nitrogen and oxygen atoms in total. The Morgan fingerprint density at radius 1 is 1.29 bits per heavy atom. The first-order valence-corrected chi connectivity index (χ1v) is 6.50. The zero-order valence-corrected chi connectivity index (χ0v) is 11.7. The van der Waals surface area contributed by atoms with Gasteiger partial charge >= 0.3 is 0 Å². The topological polar surface area (TPSA) is 75.3 Å². The molecule has 0 aliphatic heterocycles. The molecular weight excluding hydrogens is 264 g/mol. The van der Waals surface area contributed by atoms with Crippen molar-refractivity contribution < 1.29 is 9.90 Å². The van der Waals surface area contributed by atoms with Gasteiger partial charge in [0.15, 0.2) is 0 Å². The van der Waals surface area contributed by atoms with Crippen LogP contribution in [0.5, 0.6) is 5.75 Å². The predicted molar refractivity (Wildman–Crippen MR) is 83.2 cm³/mol. The van der Waals surface area contributed by atoms with Gasteiger partial charge in [0.2, 0.25) is 0 Å². The van der Waals surface area contributed by atoms with Gasteiger partial charge in [0.25, 0.3) is 5.91 Å². The van der Waals surface area contributed by atoms with Crippen LogP contribution in [0.1, 0.15) is 21.5 Å². The number of phenols is 1. The van der Waals surface area contributed by atoms with Crippen LogP contribution in [-0.4, -0.2) is 17.6 Å². The standard InChI is InChI=1S/C17H16N2O2/c1-12-8-9-13(5-4-10-18)15(11-12)19-17(21)14-6-2-3-7-16(14)20/h2-3,6-9,11,20H,10,18H2,1H3,(H,19,21). The van der Waals surface area contributed by atoms with Crippen molar-refractivity contribution in [3.8, 4) is 17.6 Å². The number of nitrogens with one attached hydrogen (secondary N) is 1. The first-order valence-electron chi connectivity index (χ1n) is 6.50. The third kappa shape index (κ3) is 3.62. The molecule has 0 bridgehead atoms. The zero-order chi connectivity index (χ0) is 15.2. The number of nitrogens with two attached hydrogens (primary N) is 1. The van der Waals surface area contributed by atoms with E-state index in [1.165, 1.54) is 6.07 Å². The summed E-state index contributed by atoms with van der Waals surface area (Å²) in [5.74, 6) is 5.25. The van der Waals surface area contributed by atoms with E-state index in [1.807, 2.05) is 25.1 Å². The third-order valence-electron chi connectivity index (χ3n) is 2.90. The van der Waals surface area contributed by atoms with Crippen LogP contribution in [-0.2, 0) is 0 Å². The third-order valence-corrected chi connectivity index (χ3v) is 2.90. The summed E-state index contributed by atoms with van der Waals surface area (Å²) < 4.78 is 0. The summed E-state index contributed by atoms with van der Waals surface area (Å²) in [5, 5.41) is 12.5. The molecule has 0 heterocycles. The molecule has 0 fully saturated rings. The van der Waals surface area contributed by atoms with Crippen molar-refractivity contribution in [2.45, 2.75) is 6.92 Å². The largest absolute Gasteiger partial charge is 0.507 e. The van der Waals surface area contributed by atoms with Crippen molar-refractivity contribution in [1.29, 1.82) is 0 Å². The number of anilines is 1. The van der Waals surface area contributed by atoms with Crippen LogP contribution in [0.15, 0.2) is 42.5 Å². The van der Waals surface area contributed by atoms with Crippen molar-refractivity contribution in [3.63, 3.8) is 0 Å². The van der Waals surface area contributed by atoms with Gasteiger partial charge in [-0.15, -0.1) is 0 Å². The molecule has 4 heteroatoms. The number of hydrogen-bond donors (Lipinski definition) is 3. The molecule has 4 N–H and O–H groups in total. The average molecular weight is 280 g/mol. The normalized spacial score (nSPS) is 9.62. The summed E-state index contributed by atoms with van der Waals surface area (Å²) in [5.41, 5.74) is 7.89. The lowest BCUT2D eigenvalue weighted by Crippen LogP contribution is -2.13. The molecule has 21 heavy (non-hydrogen) atoms. The first-order chi connectivity index (χ1) is 10.1. The average Bonchev–Trinajstić information content (AvgIpc) is 2.47. The number of rotatable bonds is 2. The lowest BCUT2D eigenvalue weighted by Gasteiger charge is -2.09. The molecule has 0 saturated carbocycles. The van der Waals surface area contributed by atoms with E-state index >= 15 is 0 Å². The van der Waals surface area contributed by atoms with Gasteiger partial charge in [-0.3, -0.25) is 4.79 Å². The molecule has 0 saturated heterocycles. The summed E-state index contributed by atoms with van der Waals surface area (Å²) >= 11 is 0. The Labute approximate surface area is 123 Å². The monoisotopic (exact) mass is 280 g/mol. The van der Waals surface area contributed by atoms with Crippen molar-refractivity contribution >= 4 is 11.6 Å². The summed E-state index contributed by atoms with van der Waals surface area (Å²) in [6.07, 6.45) is 0. The number of benzene rings is 2. The summed E-state index contributed by atoms with van der Waals surface area (Å²) in [7, 11) is 0. The zero-order valence-electron chi connectivity index (χ0n) is 11.7. The highest BCUT2D eigenvalue weighted by atomic mass is 16.3. The predicted octanol–water partition coefficient (Wildman–Crippen LogP) is 2.26. The molecule has 0 aliphatic rings. The second-order valence-corrected chi connectivity index (χ2v) is 4.53. The fourth-order valence-corrected chi connectivity index (χ4v) is 1.87. The van der Waals surface area contributed by atoms with Crippen LogP contribution in [0.4, 0.5) is 5.69 Å². The van der Waals surface area contributed by atoms with E-state index in [-0.39, 0.29) is 23.8 Å². The molecule has 0 aromatic heterocycles. The number of hydrogen-bond acceptors (Lipinski definition) is 3. The van der Waals surface area contributed by atoms with Crippen molar-refractivity contribution in [2.24, 2.45) is 5.73 Å². The molecular formula is C17H16N2O2. The quantitative estimate of drug-likeness (QED) is 0.739. The second-order valence-electron chi connectivity index (χ2n) is 4.53. The fraction of sp³-hybridized carbons (Fsp3) is 0.118. The van der Waals surface area contributed by atoms with Crippen LogP contribution in [0.2, 0.25) is 0 Å². The minimum absolute atomic E-state index is 0.0581. The number of carbonyl (C=O) groups excluding carboxylic acids is 1. The van der Waals surface area contributed by atoms with Crippen LogP contribution in [0, 0.1) is 18.8 Å². The molecule has 2 aromatic rings.